The molecular weight excluding hydrogens is 391 g/mol. The quantitative estimate of drug-likeness (QED) is 0.292. The maximum Gasteiger partial charge on any atom is 0.0523 e. The molecule has 0 fully saturated rings. The first-order valence-corrected chi connectivity index (χ1v) is 8.47. The smallest absolute Gasteiger partial charge is 0.0523 e. The van der Waals surface area contributed by atoms with Crippen LogP contribution >= 0.6 is 0 Å². The van der Waals surface area contributed by atoms with Crippen molar-refractivity contribution in [1.82, 2.24) is 4.40 Å². The minimum Gasteiger partial charge on any atom is -0.327 e. The molecule has 0 aliphatic heterocycles. The molecule has 0 bridgehead atoms. The third-order valence-corrected chi connectivity index (χ3v) is 5.15. The van der Waals surface area contributed by atoms with Crippen LogP contribution in [0.1, 0.15) is 0 Å². The van der Waals surface area contributed by atoms with Gasteiger partial charge in [0, 0.05) is 43.5 Å². The molecule has 6 rings (SSSR count). The van der Waals surface area contributed by atoms with Gasteiger partial charge in [0.1, 0.15) is 0 Å². The van der Waals surface area contributed by atoms with Crippen molar-refractivity contribution in [1.29, 1.82) is 0 Å². The summed E-state index contributed by atoms with van der Waals surface area (Å²) in [6.45, 7) is 0. The molecular formula is C24H13NY-2. The van der Waals surface area contributed by atoms with E-state index in [9.17, 15) is 0 Å². The molecule has 0 unspecified atom stereocenters. The summed E-state index contributed by atoms with van der Waals surface area (Å²) in [4.78, 5) is 0. The van der Waals surface area contributed by atoms with Crippen LogP contribution in [-0.4, -0.2) is 4.40 Å². The first-order chi connectivity index (χ1) is 12.4. The molecule has 1 radical (unpaired) electrons. The van der Waals surface area contributed by atoms with Crippen molar-refractivity contribution in [3.63, 3.8) is 0 Å². The summed E-state index contributed by atoms with van der Waals surface area (Å²) in [7, 11) is 0. The maximum atomic E-state index is 3.46. The third kappa shape index (κ3) is 2.05. The molecule has 0 atom stereocenters. The van der Waals surface area contributed by atoms with Crippen LogP contribution < -0.4 is 0 Å². The Morgan fingerprint density at radius 1 is 0.615 bits per heavy atom. The summed E-state index contributed by atoms with van der Waals surface area (Å²) in [5, 5.41) is 5.18. The van der Waals surface area contributed by atoms with Crippen LogP contribution in [-0.2, 0) is 32.7 Å². The molecule has 2 aromatic heterocycles. The fourth-order valence-electron chi connectivity index (χ4n) is 4.08. The van der Waals surface area contributed by atoms with Gasteiger partial charge in [-0.05, 0) is 17.0 Å². The fourth-order valence-corrected chi connectivity index (χ4v) is 4.08. The van der Waals surface area contributed by atoms with Gasteiger partial charge in [0.25, 0.3) is 0 Å². The van der Waals surface area contributed by atoms with Crippen LogP contribution in [0, 0.1) is 12.1 Å². The molecule has 119 valence electrons. The van der Waals surface area contributed by atoms with E-state index >= 15 is 0 Å². The molecule has 6 aromatic rings. The van der Waals surface area contributed by atoms with E-state index < -0.39 is 0 Å². The van der Waals surface area contributed by atoms with E-state index in [1.807, 2.05) is 18.2 Å². The predicted octanol–water partition coefficient (Wildman–Crippen LogP) is 6.10. The third-order valence-electron chi connectivity index (χ3n) is 5.15. The van der Waals surface area contributed by atoms with Crippen molar-refractivity contribution in [3.05, 3.63) is 91.0 Å². The topological polar surface area (TPSA) is 4.41 Å². The Balaban J connectivity index is 0.00000150. The Morgan fingerprint density at radius 3 is 2.23 bits per heavy atom. The summed E-state index contributed by atoms with van der Waals surface area (Å²) in [6, 6.07) is 34.5. The summed E-state index contributed by atoms with van der Waals surface area (Å²) in [5.41, 5.74) is 5.96. The molecule has 4 aromatic carbocycles. The first-order valence-electron chi connectivity index (χ1n) is 8.47. The van der Waals surface area contributed by atoms with Crippen molar-refractivity contribution in [3.8, 4) is 11.1 Å². The minimum absolute atomic E-state index is 0. The molecule has 0 saturated heterocycles. The molecule has 2 heterocycles. The Labute approximate surface area is 176 Å². The van der Waals surface area contributed by atoms with Crippen molar-refractivity contribution in [2.75, 3.05) is 0 Å². The number of aromatic nitrogens is 1. The Morgan fingerprint density at radius 2 is 1.38 bits per heavy atom. The van der Waals surface area contributed by atoms with Gasteiger partial charge in [-0.25, -0.2) is 11.1 Å². The molecule has 1 nitrogen and oxygen atoms in total. The molecule has 0 aliphatic carbocycles. The van der Waals surface area contributed by atoms with Gasteiger partial charge < -0.3 is 4.40 Å². The van der Waals surface area contributed by atoms with Crippen molar-refractivity contribution in [2.24, 2.45) is 0 Å². The monoisotopic (exact) mass is 404 g/mol. The standard InChI is InChI=1S/C24H13N.Y/c1-2-7-16(8-3-1)17-13-14-19-21-11-6-10-20-18-9-4-5-12-22(18)25(24(20)21)23(19)15-17;/h1-7,9-12,14-15H;/q-2;. The largest absolute Gasteiger partial charge is 0.327 e. The van der Waals surface area contributed by atoms with Gasteiger partial charge in [0.2, 0.25) is 0 Å². The molecule has 2 heteroatoms. The normalized spacial score (nSPS) is 11.5. The molecule has 0 saturated carbocycles. The summed E-state index contributed by atoms with van der Waals surface area (Å²) in [5.74, 6) is 0. The Bertz CT molecular complexity index is 1380. The van der Waals surface area contributed by atoms with Crippen molar-refractivity contribution in [2.45, 2.75) is 0 Å². The van der Waals surface area contributed by atoms with Crippen LogP contribution in [0.2, 0.25) is 0 Å². The van der Waals surface area contributed by atoms with E-state index in [0.717, 1.165) is 11.1 Å². The van der Waals surface area contributed by atoms with Crippen molar-refractivity contribution < 1.29 is 32.7 Å². The van der Waals surface area contributed by atoms with Crippen molar-refractivity contribution >= 4 is 38.1 Å². The number of hydrogen-bond donors (Lipinski definition) is 0. The van der Waals surface area contributed by atoms with E-state index in [1.165, 1.54) is 38.1 Å². The number of nitrogens with zero attached hydrogens (tertiary/aromatic N) is 1. The number of para-hydroxylation sites is 2. The number of benzene rings is 4. The fraction of sp³-hybridized carbons (Fsp3) is 0. The van der Waals surface area contributed by atoms with E-state index in [4.69, 9.17) is 0 Å². The maximum absolute atomic E-state index is 3.46. The van der Waals surface area contributed by atoms with Crippen LogP contribution in [0.5, 0.6) is 0 Å². The molecule has 0 amide bonds. The molecule has 26 heavy (non-hydrogen) atoms. The molecule has 0 spiro atoms. The van der Waals surface area contributed by atoms with E-state index in [-0.39, 0.29) is 32.7 Å². The van der Waals surface area contributed by atoms with Crippen LogP contribution in [0.25, 0.3) is 49.2 Å². The predicted molar refractivity (Wildman–Crippen MR) is 104 cm³/mol. The number of rotatable bonds is 1. The minimum atomic E-state index is 0. The zero-order valence-electron chi connectivity index (χ0n) is 14.0. The average Bonchev–Trinajstić information content (AvgIpc) is 3.20. The second-order valence-corrected chi connectivity index (χ2v) is 6.48. The Hall–Kier alpha value is -2.22. The summed E-state index contributed by atoms with van der Waals surface area (Å²) < 4.78 is 2.40. The van der Waals surface area contributed by atoms with E-state index in [1.54, 1.807) is 0 Å². The average molecular weight is 404 g/mol. The number of hydrogen-bond acceptors (Lipinski definition) is 0. The molecule has 0 aliphatic rings. The van der Waals surface area contributed by atoms with Crippen LogP contribution in [0.3, 0.4) is 0 Å². The number of fused-ring (bicyclic) bond motifs is 6. The van der Waals surface area contributed by atoms with E-state index in [2.05, 4.69) is 77.2 Å². The van der Waals surface area contributed by atoms with E-state index in [0.29, 0.717) is 0 Å². The van der Waals surface area contributed by atoms with Gasteiger partial charge in [-0.3, -0.25) is 0 Å². The van der Waals surface area contributed by atoms with Gasteiger partial charge in [-0.15, -0.1) is 12.1 Å². The second kappa shape index (κ2) is 5.91. The van der Waals surface area contributed by atoms with Gasteiger partial charge in [0.15, 0.2) is 0 Å². The van der Waals surface area contributed by atoms with Gasteiger partial charge in [-0.2, -0.15) is 36.4 Å². The molecule has 0 N–H and O–H groups in total. The van der Waals surface area contributed by atoms with Crippen LogP contribution in [0.4, 0.5) is 0 Å². The van der Waals surface area contributed by atoms with Gasteiger partial charge >= 0.3 is 0 Å². The van der Waals surface area contributed by atoms with Crippen LogP contribution in [0.15, 0.2) is 78.9 Å². The van der Waals surface area contributed by atoms with Gasteiger partial charge in [0.05, 0.1) is 11.0 Å². The SMILES string of the molecule is [Y].[c-]1ccccc1-c1[c-]cc2c3cccc4c5ccccc5n(c2c1)c43. The second-order valence-electron chi connectivity index (χ2n) is 6.48. The Kier molecular flexibility index (Phi) is 3.63. The summed E-state index contributed by atoms with van der Waals surface area (Å²) in [6.07, 6.45) is 0. The zero-order valence-corrected chi connectivity index (χ0v) is 16.9. The van der Waals surface area contributed by atoms with Gasteiger partial charge in [-0.1, -0.05) is 41.8 Å². The first kappa shape index (κ1) is 16.0. The summed E-state index contributed by atoms with van der Waals surface area (Å²) >= 11 is 0. The zero-order chi connectivity index (χ0) is 16.4.